The van der Waals surface area contributed by atoms with Crippen molar-refractivity contribution < 1.29 is 4.74 Å². The van der Waals surface area contributed by atoms with Gasteiger partial charge in [0, 0.05) is 23.1 Å². The second kappa shape index (κ2) is 4.82. The largest absolute Gasteiger partial charge is 0.496 e. The first-order chi connectivity index (χ1) is 8.84. The summed E-state index contributed by atoms with van der Waals surface area (Å²) in [5.41, 5.74) is 10.2. The maximum absolute atomic E-state index is 6.08. The topological polar surface area (TPSA) is 35.2 Å². The van der Waals surface area contributed by atoms with E-state index in [1.54, 1.807) is 7.11 Å². The van der Waals surface area contributed by atoms with Gasteiger partial charge in [-0.05, 0) is 25.2 Å². The minimum atomic E-state index is 0.0889. The first kappa shape index (κ1) is 14.4. The molecule has 1 aromatic carbocycles. The molecule has 0 heterocycles. The first-order valence-electron chi connectivity index (χ1n) is 7.24. The highest BCUT2D eigenvalue weighted by Crippen LogP contribution is 2.49. The third kappa shape index (κ3) is 2.38. The molecule has 1 aromatic rings. The van der Waals surface area contributed by atoms with E-state index in [1.165, 1.54) is 36.0 Å². The summed E-state index contributed by atoms with van der Waals surface area (Å²) in [5.74, 6) is 1.06. The maximum atomic E-state index is 6.08. The minimum absolute atomic E-state index is 0.0889. The summed E-state index contributed by atoms with van der Waals surface area (Å²) in [6, 6.07) is 4.53. The lowest BCUT2D eigenvalue weighted by molar-refractivity contribution is 0.242. The molecule has 106 valence electrons. The summed E-state index contributed by atoms with van der Waals surface area (Å²) >= 11 is 0. The SMILES string of the molecule is COc1c(C(C)(C)C)cc(C)cc1C1(CN)CCC1. The molecule has 0 aliphatic heterocycles. The van der Waals surface area contributed by atoms with Crippen LogP contribution in [0.5, 0.6) is 5.75 Å². The number of hydrogen-bond donors (Lipinski definition) is 1. The smallest absolute Gasteiger partial charge is 0.126 e. The molecule has 2 heteroatoms. The van der Waals surface area contributed by atoms with Gasteiger partial charge in [0.05, 0.1) is 7.11 Å². The molecule has 0 unspecified atom stereocenters. The van der Waals surface area contributed by atoms with E-state index in [-0.39, 0.29) is 10.8 Å². The van der Waals surface area contributed by atoms with Crippen molar-refractivity contribution in [3.63, 3.8) is 0 Å². The van der Waals surface area contributed by atoms with Gasteiger partial charge >= 0.3 is 0 Å². The molecule has 0 amide bonds. The van der Waals surface area contributed by atoms with Crippen molar-refractivity contribution in [2.45, 2.75) is 57.8 Å². The Morgan fingerprint density at radius 2 is 1.89 bits per heavy atom. The molecule has 0 saturated heterocycles. The molecular weight excluding hydrogens is 234 g/mol. The van der Waals surface area contributed by atoms with Crippen LogP contribution in [-0.2, 0) is 10.8 Å². The standard InChI is InChI=1S/C17H27NO/c1-12-9-13(16(2,3)4)15(19-5)14(10-12)17(11-18)7-6-8-17/h9-10H,6-8,11,18H2,1-5H3. The van der Waals surface area contributed by atoms with Crippen LogP contribution >= 0.6 is 0 Å². The fourth-order valence-corrected chi connectivity index (χ4v) is 3.13. The third-order valence-electron chi connectivity index (χ3n) is 4.52. The first-order valence-corrected chi connectivity index (χ1v) is 7.24. The molecule has 0 aromatic heterocycles. The van der Waals surface area contributed by atoms with Gasteiger partial charge in [0.1, 0.15) is 5.75 Å². The summed E-state index contributed by atoms with van der Waals surface area (Å²) in [6.07, 6.45) is 3.65. The van der Waals surface area contributed by atoms with Crippen LogP contribution in [0, 0.1) is 6.92 Å². The van der Waals surface area contributed by atoms with Crippen LogP contribution < -0.4 is 10.5 Å². The average molecular weight is 261 g/mol. The molecule has 1 saturated carbocycles. The number of hydrogen-bond acceptors (Lipinski definition) is 2. The van der Waals surface area contributed by atoms with E-state index < -0.39 is 0 Å². The molecule has 1 aliphatic carbocycles. The van der Waals surface area contributed by atoms with E-state index in [0.717, 1.165) is 12.3 Å². The molecular formula is C17H27NO. The molecule has 0 bridgehead atoms. The zero-order valence-corrected chi connectivity index (χ0v) is 13.0. The number of rotatable bonds is 3. The van der Waals surface area contributed by atoms with Gasteiger partial charge in [-0.2, -0.15) is 0 Å². The van der Waals surface area contributed by atoms with Crippen molar-refractivity contribution >= 4 is 0 Å². The van der Waals surface area contributed by atoms with Gasteiger partial charge in [-0.25, -0.2) is 0 Å². The summed E-state index contributed by atoms with van der Waals surface area (Å²) < 4.78 is 5.79. The number of nitrogens with two attached hydrogens (primary N) is 1. The molecule has 0 atom stereocenters. The number of benzene rings is 1. The molecule has 19 heavy (non-hydrogen) atoms. The highest BCUT2D eigenvalue weighted by molar-refractivity contribution is 5.52. The third-order valence-corrected chi connectivity index (χ3v) is 4.52. The van der Waals surface area contributed by atoms with Crippen LogP contribution in [0.2, 0.25) is 0 Å². The zero-order chi connectivity index (χ0) is 14.3. The minimum Gasteiger partial charge on any atom is -0.496 e. The molecule has 1 fully saturated rings. The Kier molecular flexibility index (Phi) is 3.65. The molecule has 0 spiro atoms. The van der Waals surface area contributed by atoms with Crippen LogP contribution in [0.25, 0.3) is 0 Å². The predicted octanol–water partition coefficient (Wildman–Crippen LogP) is 3.68. The van der Waals surface area contributed by atoms with E-state index in [0.29, 0.717) is 0 Å². The molecule has 2 nitrogen and oxygen atoms in total. The van der Waals surface area contributed by atoms with E-state index in [4.69, 9.17) is 10.5 Å². The Morgan fingerprint density at radius 3 is 2.26 bits per heavy atom. The van der Waals surface area contributed by atoms with Crippen LogP contribution in [0.1, 0.15) is 56.7 Å². The Balaban J connectivity index is 2.64. The van der Waals surface area contributed by atoms with E-state index >= 15 is 0 Å². The maximum Gasteiger partial charge on any atom is 0.126 e. The average Bonchev–Trinajstić information content (AvgIpc) is 2.26. The fraction of sp³-hybridized carbons (Fsp3) is 0.647. The van der Waals surface area contributed by atoms with Gasteiger partial charge < -0.3 is 10.5 Å². The second-order valence-corrected chi connectivity index (χ2v) is 6.98. The van der Waals surface area contributed by atoms with E-state index in [2.05, 4.69) is 39.8 Å². The fourth-order valence-electron chi connectivity index (χ4n) is 3.13. The van der Waals surface area contributed by atoms with Gasteiger partial charge in [-0.1, -0.05) is 44.9 Å². The van der Waals surface area contributed by atoms with Gasteiger partial charge in [-0.15, -0.1) is 0 Å². The lowest BCUT2D eigenvalue weighted by Gasteiger charge is -2.43. The van der Waals surface area contributed by atoms with Gasteiger partial charge in [-0.3, -0.25) is 0 Å². The van der Waals surface area contributed by atoms with Crippen molar-refractivity contribution in [3.05, 3.63) is 28.8 Å². The number of aryl methyl sites for hydroxylation is 1. The van der Waals surface area contributed by atoms with Crippen LogP contribution in [-0.4, -0.2) is 13.7 Å². The summed E-state index contributed by atoms with van der Waals surface area (Å²) in [7, 11) is 1.78. The lowest BCUT2D eigenvalue weighted by atomic mass is 9.63. The molecule has 1 aliphatic rings. The Hall–Kier alpha value is -1.02. The molecule has 0 radical (unpaired) electrons. The number of ether oxygens (including phenoxy) is 1. The van der Waals surface area contributed by atoms with Gasteiger partial charge in [0.2, 0.25) is 0 Å². The highest BCUT2D eigenvalue weighted by Gasteiger charge is 2.40. The normalized spacial score (nSPS) is 18.0. The van der Waals surface area contributed by atoms with Crippen molar-refractivity contribution in [3.8, 4) is 5.75 Å². The predicted molar refractivity (Wildman–Crippen MR) is 81.0 cm³/mol. The van der Waals surface area contributed by atoms with Crippen LogP contribution in [0.3, 0.4) is 0 Å². The Bertz CT molecular complexity index is 461. The zero-order valence-electron chi connectivity index (χ0n) is 13.0. The molecule has 2 N–H and O–H groups in total. The van der Waals surface area contributed by atoms with Crippen molar-refractivity contribution in [1.29, 1.82) is 0 Å². The van der Waals surface area contributed by atoms with Crippen molar-refractivity contribution in [2.75, 3.05) is 13.7 Å². The van der Waals surface area contributed by atoms with Crippen molar-refractivity contribution in [2.24, 2.45) is 5.73 Å². The van der Waals surface area contributed by atoms with Crippen molar-refractivity contribution in [1.82, 2.24) is 0 Å². The number of methoxy groups -OCH3 is 1. The van der Waals surface area contributed by atoms with Gasteiger partial charge in [0.25, 0.3) is 0 Å². The summed E-state index contributed by atoms with van der Waals surface area (Å²) in [5, 5.41) is 0. The van der Waals surface area contributed by atoms with Crippen LogP contribution in [0.15, 0.2) is 12.1 Å². The lowest BCUT2D eigenvalue weighted by Crippen LogP contribution is -2.42. The summed E-state index contributed by atoms with van der Waals surface area (Å²) in [4.78, 5) is 0. The van der Waals surface area contributed by atoms with E-state index in [9.17, 15) is 0 Å². The molecule has 2 rings (SSSR count). The quantitative estimate of drug-likeness (QED) is 0.900. The Morgan fingerprint density at radius 1 is 1.26 bits per heavy atom. The summed E-state index contributed by atoms with van der Waals surface area (Å²) in [6.45, 7) is 9.61. The van der Waals surface area contributed by atoms with E-state index in [1.807, 2.05) is 0 Å². The Labute approximate surface area is 117 Å². The van der Waals surface area contributed by atoms with Gasteiger partial charge in [0.15, 0.2) is 0 Å². The monoisotopic (exact) mass is 261 g/mol. The second-order valence-electron chi connectivity index (χ2n) is 6.98. The highest BCUT2D eigenvalue weighted by atomic mass is 16.5. The van der Waals surface area contributed by atoms with Crippen LogP contribution in [0.4, 0.5) is 0 Å².